The quantitative estimate of drug-likeness (QED) is 0.902. The molecule has 2 rings (SSSR count). The molecule has 5 nitrogen and oxygen atoms in total. The molecular weight excluding hydrogens is 290 g/mol. The summed E-state index contributed by atoms with van der Waals surface area (Å²) in [5.41, 5.74) is 5.64. The highest BCUT2D eigenvalue weighted by molar-refractivity contribution is 9.10. The molecule has 0 atom stereocenters. The van der Waals surface area contributed by atoms with E-state index in [1.807, 2.05) is 5.38 Å². The predicted molar refractivity (Wildman–Crippen MR) is 68.5 cm³/mol. The van der Waals surface area contributed by atoms with Crippen LogP contribution in [0.5, 0.6) is 0 Å². The molecule has 2 aromatic rings. The number of rotatable bonds is 4. The summed E-state index contributed by atoms with van der Waals surface area (Å²) in [5, 5.41) is 6.25. The SMILES string of the molecule is Nc1ncnc(NCCc2nccs2)c1Br. The molecule has 0 saturated carbocycles. The fraction of sp³-hybridized carbons (Fsp3) is 0.222. The Kier molecular flexibility index (Phi) is 3.68. The molecule has 0 aliphatic heterocycles. The lowest BCUT2D eigenvalue weighted by atomic mass is 10.4. The Morgan fingerprint density at radius 2 is 2.25 bits per heavy atom. The summed E-state index contributed by atoms with van der Waals surface area (Å²) in [4.78, 5) is 12.2. The van der Waals surface area contributed by atoms with Gasteiger partial charge in [-0.05, 0) is 15.9 Å². The zero-order valence-corrected chi connectivity index (χ0v) is 10.8. The zero-order valence-electron chi connectivity index (χ0n) is 8.35. The highest BCUT2D eigenvalue weighted by Gasteiger charge is 2.05. The molecule has 84 valence electrons. The van der Waals surface area contributed by atoms with Gasteiger partial charge < -0.3 is 11.1 Å². The monoisotopic (exact) mass is 299 g/mol. The molecule has 16 heavy (non-hydrogen) atoms. The number of nitrogens with zero attached hydrogens (tertiary/aromatic N) is 3. The summed E-state index contributed by atoms with van der Waals surface area (Å²) < 4.78 is 0.703. The van der Waals surface area contributed by atoms with Crippen LogP contribution in [0.2, 0.25) is 0 Å². The second kappa shape index (κ2) is 5.22. The van der Waals surface area contributed by atoms with Crippen LogP contribution in [-0.2, 0) is 6.42 Å². The molecule has 2 heterocycles. The van der Waals surface area contributed by atoms with E-state index in [9.17, 15) is 0 Å². The lowest BCUT2D eigenvalue weighted by Crippen LogP contribution is -2.08. The Balaban J connectivity index is 1.92. The van der Waals surface area contributed by atoms with Gasteiger partial charge in [-0.1, -0.05) is 0 Å². The Bertz CT molecular complexity index is 459. The Morgan fingerprint density at radius 3 is 3.00 bits per heavy atom. The van der Waals surface area contributed by atoms with Crippen molar-refractivity contribution in [3.63, 3.8) is 0 Å². The summed E-state index contributed by atoms with van der Waals surface area (Å²) in [6.45, 7) is 0.766. The smallest absolute Gasteiger partial charge is 0.145 e. The standard InChI is InChI=1S/C9H10BrN5S/c10-7-8(11)14-5-15-9(7)13-2-1-6-12-3-4-16-6/h3-5H,1-2H2,(H3,11,13,14,15). The van der Waals surface area contributed by atoms with E-state index in [0.717, 1.165) is 18.0 Å². The van der Waals surface area contributed by atoms with Crippen molar-refractivity contribution in [3.8, 4) is 0 Å². The molecule has 0 aromatic carbocycles. The van der Waals surface area contributed by atoms with Crippen LogP contribution in [-0.4, -0.2) is 21.5 Å². The first-order chi connectivity index (χ1) is 7.77. The van der Waals surface area contributed by atoms with Crippen LogP contribution in [0, 0.1) is 0 Å². The largest absolute Gasteiger partial charge is 0.383 e. The molecule has 0 bridgehead atoms. The lowest BCUT2D eigenvalue weighted by Gasteiger charge is -2.06. The highest BCUT2D eigenvalue weighted by atomic mass is 79.9. The highest BCUT2D eigenvalue weighted by Crippen LogP contribution is 2.23. The first kappa shape index (κ1) is 11.3. The Morgan fingerprint density at radius 1 is 1.38 bits per heavy atom. The van der Waals surface area contributed by atoms with Gasteiger partial charge in [0.05, 0.1) is 5.01 Å². The molecule has 0 aliphatic carbocycles. The van der Waals surface area contributed by atoms with Gasteiger partial charge in [0.1, 0.15) is 22.4 Å². The summed E-state index contributed by atoms with van der Waals surface area (Å²) in [6.07, 6.45) is 4.11. The van der Waals surface area contributed by atoms with Crippen molar-refractivity contribution in [3.05, 3.63) is 27.4 Å². The lowest BCUT2D eigenvalue weighted by molar-refractivity contribution is 0.980. The summed E-state index contributed by atoms with van der Waals surface area (Å²) in [7, 11) is 0. The number of nitrogens with one attached hydrogen (secondary N) is 1. The summed E-state index contributed by atoms with van der Waals surface area (Å²) in [5.74, 6) is 1.15. The number of nitrogen functional groups attached to an aromatic ring is 1. The number of thiazole rings is 1. The van der Waals surface area contributed by atoms with Gasteiger partial charge >= 0.3 is 0 Å². The van der Waals surface area contributed by atoms with Crippen LogP contribution in [0.3, 0.4) is 0 Å². The maximum absolute atomic E-state index is 5.64. The minimum absolute atomic E-state index is 0.437. The number of halogens is 1. The molecule has 0 fully saturated rings. The van der Waals surface area contributed by atoms with Gasteiger partial charge in [0.25, 0.3) is 0 Å². The maximum atomic E-state index is 5.64. The summed E-state index contributed by atoms with van der Waals surface area (Å²) in [6, 6.07) is 0. The van der Waals surface area contributed by atoms with Crippen molar-refractivity contribution < 1.29 is 0 Å². The maximum Gasteiger partial charge on any atom is 0.145 e. The van der Waals surface area contributed by atoms with Gasteiger partial charge in [-0.2, -0.15) is 0 Å². The third-order valence-corrected chi connectivity index (χ3v) is 3.55. The average molecular weight is 300 g/mol. The Labute approximate surface area is 105 Å². The van der Waals surface area contributed by atoms with Crippen LogP contribution >= 0.6 is 27.3 Å². The van der Waals surface area contributed by atoms with E-state index < -0.39 is 0 Å². The van der Waals surface area contributed by atoms with E-state index in [1.54, 1.807) is 17.5 Å². The van der Waals surface area contributed by atoms with Crippen LogP contribution in [0.25, 0.3) is 0 Å². The van der Waals surface area contributed by atoms with E-state index in [4.69, 9.17) is 5.73 Å². The molecular formula is C9H10BrN5S. The van der Waals surface area contributed by atoms with E-state index in [2.05, 4.69) is 36.2 Å². The second-order valence-corrected chi connectivity index (χ2v) is 4.80. The fourth-order valence-electron chi connectivity index (χ4n) is 1.17. The van der Waals surface area contributed by atoms with E-state index >= 15 is 0 Å². The van der Waals surface area contributed by atoms with Crippen LogP contribution in [0.1, 0.15) is 5.01 Å². The normalized spacial score (nSPS) is 10.3. The molecule has 0 spiro atoms. The molecule has 0 unspecified atom stereocenters. The topological polar surface area (TPSA) is 76.7 Å². The summed E-state index contributed by atoms with van der Waals surface area (Å²) >= 11 is 4.98. The average Bonchev–Trinajstić information content (AvgIpc) is 2.77. The van der Waals surface area contributed by atoms with Crippen LogP contribution < -0.4 is 11.1 Å². The molecule has 3 N–H and O–H groups in total. The van der Waals surface area contributed by atoms with Gasteiger partial charge in [0, 0.05) is 24.5 Å². The number of hydrogen-bond acceptors (Lipinski definition) is 6. The van der Waals surface area contributed by atoms with Crippen LogP contribution in [0.4, 0.5) is 11.6 Å². The van der Waals surface area contributed by atoms with Gasteiger partial charge in [-0.25, -0.2) is 15.0 Å². The van der Waals surface area contributed by atoms with E-state index in [0.29, 0.717) is 16.1 Å². The minimum Gasteiger partial charge on any atom is -0.383 e. The van der Waals surface area contributed by atoms with Crippen LogP contribution in [0.15, 0.2) is 22.4 Å². The van der Waals surface area contributed by atoms with Crippen molar-refractivity contribution in [2.24, 2.45) is 0 Å². The number of anilines is 2. The van der Waals surface area contributed by atoms with E-state index in [-0.39, 0.29) is 0 Å². The Hall–Kier alpha value is -1.21. The van der Waals surface area contributed by atoms with Gasteiger partial charge in [0.15, 0.2) is 0 Å². The third-order valence-electron chi connectivity index (χ3n) is 1.93. The molecule has 0 radical (unpaired) electrons. The van der Waals surface area contributed by atoms with Gasteiger partial charge in [-0.15, -0.1) is 11.3 Å². The van der Waals surface area contributed by atoms with Gasteiger partial charge in [0.2, 0.25) is 0 Å². The van der Waals surface area contributed by atoms with Crippen molar-refractivity contribution in [1.82, 2.24) is 15.0 Å². The molecule has 7 heteroatoms. The van der Waals surface area contributed by atoms with Crippen molar-refractivity contribution in [2.75, 3.05) is 17.6 Å². The molecule has 0 aliphatic rings. The van der Waals surface area contributed by atoms with Crippen molar-refractivity contribution >= 4 is 38.9 Å². The molecule has 0 saturated heterocycles. The molecule has 2 aromatic heterocycles. The van der Waals surface area contributed by atoms with Crippen molar-refractivity contribution in [2.45, 2.75) is 6.42 Å². The minimum atomic E-state index is 0.437. The number of aromatic nitrogens is 3. The number of nitrogens with two attached hydrogens (primary N) is 1. The third kappa shape index (κ3) is 2.67. The van der Waals surface area contributed by atoms with Crippen molar-refractivity contribution in [1.29, 1.82) is 0 Å². The number of hydrogen-bond donors (Lipinski definition) is 2. The molecule has 0 amide bonds. The second-order valence-electron chi connectivity index (χ2n) is 3.02. The first-order valence-electron chi connectivity index (χ1n) is 4.65. The zero-order chi connectivity index (χ0) is 11.4. The van der Waals surface area contributed by atoms with E-state index in [1.165, 1.54) is 6.33 Å². The fourth-order valence-corrected chi connectivity index (χ4v) is 2.14. The predicted octanol–water partition coefficient (Wildman–Crippen LogP) is 1.93. The first-order valence-corrected chi connectivity index (χ1v) is 6.33. The van der Waals surface area contributed by atoms with Gasteiger partial charge in [-0.3, -0.25) is 0 Å².